The van der Waals surface area contributed by atoms with Gasteiger partial charge in [-0.25, -0.2) is 4.79 Å². The van der Waals surface area contributed by atoms with Crippen molar-refractivity contribution < 1.29 is 14.5 Å². The minimum atomic E-state index is -0.466. The number of hydrogen-bond donors (Lipinski definition) is 0. The maximum atomic E-state index is 12.1. The zero-order valence-corrected chi connectivity index (χ0v) is 13.3. The Morgan fingerprint density at radius 3 is 2.62 bits per heavy atom. The summed E-state index contributed by atoms with van der Waals surface area (Å²) in [6, 6.07) is 12.0. The topological polar surface area (TPSA) is 69.4 Å². The van der Waals surface area contributed by atoms with Crippen molar-refractivity contribution in [1.29, 1.82) is 0 Å². The molecule has 0 spiro atoms. The molecule has 1 aliphatic heterocycles. The zero-order chi connectivity index (χ0) is 17.3. The number of benzene rings is 2. The summed E-state index contributed by atoms with van der Waals surface area (Å²) in [6.45, 7) is 3.96. The maximum Gasteiger partial charge on any atom is 0.343 e. The Kier molecular flexibility index (Phi) is 4.00. The van der Waals surface area contributed by atoms with Crippen molar-refractivity contribution in [3.63, 3.8) is 0 Å². The highest BCUT2D eigenvalue weighted by molar-refractivity contribution is 6.05. The summed E-state index contributed by atoms with van der Waals surface area (Å²) in [5.74, 6) is 0.0330. The number of nitrogens with zero attached hydrogens (tertiary/aromatic N) is 1. The molecule has 0 saturated heterocycles. The van der Waals surface area contributed by atoms with E-state index in [9.17, 15) is 14.9 Å². The lowest BCUT2D eigenvalue weighted by molar-refractivity contribution is -0.384. The number of hydrogen-bond acceptors (Lipinski definition) is 4. The van der Waals surface area contributed by atoms with Crippen LogP contribution in [0.3, 0.4) is 0 Å². The van der Waals surface area contributed by atoms with Crippen LogP contribution in [-0.4, -0.2) is 10.9 Å². The van der Waals surface area contributed by atoms with Gasteiger partial charge in [-0.05, 0) is 37.1 Å². The van der Waals surface area contributed by atoms with Crippen LogP contribution in [0.15, 0.2) is 54.1 Å². The first-order chi connectivity index (χ1) is 11.4. The van der Waals surface area contributed by atoms with Gasteiger partial charge in [-0.2, -0.15) is 0 Å². The third kappa shape index (κ3) is 3.10. The standard InChI is InChI=1S/C19H15NO4/c1-12-6-7-17(13(2)8-12)18-11-15(19(21)24-18)9-14-4-3-5-16(10-14)20(22)23/h3-11H,1-2H3/b15-9+. The fourth-order valence-corrected chi connectivity index (χ4v) is 2.62. The van der Waals surface area contributed by atoms with E-state index in [1.165, 1.54) is 12.1 Å². The van der Waals surface area contributed by atoms with E-state index >= 15 is 0 Å². The largest absolute Gasteiger partial charge is 0.422 e. The van der Waals surface area contributed by atoms with Gasteiger partial charge < -0.3 is 4.74 Å². The molecule has 2 aromatic carbocycles. The number of esters is 1. The summed E-state index contributed by atoms with van der Waals surface area (Å²) in [6.07, 6.45) is 3.25. The van der Waals surface area contributed by atoms with E-state index in [1.807, 2.05) is 32.0 Å². The predicted molar refractivity (Wildman–Crippen MR) is 91.1 cm³/mol. The molecule has 5 heteroatoms. The minimum Gasteiger partial charge on any atom is -0.422 e. The van der Waals surface area contributed by atoms with E-state index in [2.05, 4.69) is 0 Å². The van der Waals surface area contributed by atoms with Gasteiger partial charge in [0, 0.05) is 17.7 Å². The van der Waals surface area contributed by atoms with Gasteiger partial charge >= 0.3 is 5.97 Å². The van der Waals surface area contributed by atoms with Crippen molar-refractivity contribution in [3.8, 4) is 0 Å². The van der Waals surface area contributed by atoms with E-state index in [0.29, 0.717) is 16.9 Å². The highest BCUT2D eigenvalue weighted by atomic mass is 16.6. The first-order valence-electron chi connectivity index (χ1n) is 7.42. The number of carbonyl (C=O) groups excluding carboxylic acids is 1. The second-order valence-electron chi connectivity index (χ2n) is 5.67. The molecule has 0 aliphatic carbocycles. The van der Waals surface area contributed by atoms with Crippen LogP contribution < -0.4 is 0 Å². The van der Waals surface area contributed by atoms with Crippen molar-refractivity contribution in [2.75, 3.05) is 0 Å². The summed E-state index contributed by atoms with van der Waals surface area (Å²) >= 11 is 0. The molecule has 120 valence electrons. The molecule has 0 aromatic heterocycles. The monoisotopic (exact) mass is 321 g/mol. The number of cyclic esters (lactones) is 1. The Bertz CT molecular complexity index is 909. The number of non-ortho nitro benzene ring substituents is 1. The molecule has 0 fully saturated rings. The molecular formula is C19H15NO4. The average Bonchev–Trinajstić information content (AvgIpc) is 2.88. The first kappa shape index (κ1) is 15.7. The summed E-state index contributed by atoms with van der Waals surface area (Å²) in [4.78, 5) is 22.5. The number of carbonyl (C=O) groups is 1. The average molecular weight is 321 g/mol. The van der Waals surface area contributed by atoms with E-state index in [-0.39, 0.29) is 5.69 Å². The van der Waals surface area contributed by atoms with Crippen molar-refractivity contribution in [2.45, 2.75) is 13.8 Å². The Morgan fingerprint density at radius 1 is 1.12 bits per heavy atom. The first-order valence-corrected chi connectivity index (χ1v) is 7.42. The van der Waals surface area contributed by atoms with Crippen LogP contribution in [0.1, 0.15) is 22.3 Å². The van der Waals surface area contributed by atoms with Gasteiger partial charge in [0.1, 0.15) is 5.76 Å². The van der Waals surface area contributed by atoms with Gasteiger partial charge in [0.25, 0.3) is 5.69 Å². The normalized spacial score (nSPS) is 15.3. The molecule has 3 rings (SSSR count). The number of rotatable bonds is 3. The molecule has 1 heterocycles. The fraction of sp³-hybridized carbons (Fsp3) is 0.105. The van der Waals surface area contributed by atoms with Crippen molar-refractivity contribution >= 4 is 23.5 Å². The van der Waals surface area contributed by atoms with Crippen molar-refractivity contribution in [3.05, 3.63) is 86.5 Å². The van der Waals surface area contributed by atoms with E-state index in [0.717, 1.165) is 16.7 Å². The van der Waals surface area contributed by atoms with Gasteiger partial charge in [-0.3, -0.25) is 10.1 Å². The highest BCUT2D eigenvalue weighted by Crippen LogP contribution is 2.30. The summed E-state index contributed by atoms with van der Waals surface area (Å²) in [7, 11) is 0. The van der Waals surface area contributed by atoms with Gasteiger partial charge in [-0.1, -0.05) is 35.9 Å². The lowest BCUT2D eigenvalue weighted by Crippen LogP contribution is -1.98. The Morgan fingerprint density at radius 2 is 1.92 bits per heavy atom. The second kappa shape index (κ2) is 6.12. The zero-order valence-electron chi connectivity index (χ0n) is 13.3. The molecule has 24 heavy (non-hydrogen) atoms. The summed E-state index contributed by atoms with van der Waals surface area (Å²) in [5, 5.41) is 10.8. The SMILES string of the molecule is Cc1ccc(C2=C/C(=C\c3cccc([N+](=O)[O-])c3)C(=O)O2)c(C)c1. The Labute approximate surface area is 139 Å². The van der Waals surface area contributed by atoms with Crippen molar-refractivity contribution in [2.24, 2.45) is 0 Å². The quantitative estimate of drug-likeness (QED) is 0.368. The van der Waals surface area contributed by atoms with Crippen LogP contribution in [0.25, 0.3) is 11.8 Å². The van der Waals surface area contributed by atoms with Gasteiger partial charge in [0.2, 0.25) is 0 Å². The second-order valence-corrected chi connectivity index (χ2v) is 5.67. The molecule has 0 radical (unpaired) electrons. The molecule has 0 bridgehead atoms. The number of aryl methyl sites for hydroxylation is 2. The number of nitro benzene ring substituents is 1. The van der Waals surface area contributed by atoms with Gasteiger partial charge in [-0.15, -0.1) is 0 Å². The lowest BCUT2D eigenvalue weighted by atomic mass is 10.0. The number of ether oxygens (including phenoxy) is 1. The highest BCUT2D eigenvalue weighted by Gasteiger charge is 2.23. The lowest BCUT2D eigenvalue weighted by Gasteiger charge is -2.06. The van der Waals surface area contributed by atoms with Gasteiger partial charge in [0.15, 0.2) is 0 Å². The Hall–Kier alpha value is -3.21. The third-order valence-electron chi connectivity index (χ3n) is 3.78. The smallest absolute Gasteiger partial charge is 0.343 e. The van der Waals surface area contributed by atoms with Gasteiger partial charge in [0.05, 0.1) is 10.5 Å². The molecule has 0 amide bonds. The van der Waals surface area contributed by atoms with Crippen LogP contribution in [0.5, 0.6) is 0 Å². The van der Waals surface area contributed by atoms with E-state index < -0.39 is 10.9 Å². The summed E-state index contributed by atoms with van der Waals surface area (Å²) in [5.41, 5.74) is 3.93. The molecule has 2 aromatic rings. The molecule has 0 saturated carbocycles. The van der Waals surface area contributed by atoms with Crippen LogP contribution in [0.2, 0.25) is 0 Å². The van der Waals surface area contributed by atoms with Crippen LogP contribution in [0, 0.1) is 24.0 Å². The van der Waals surface area contributed by atoms with E-state index in [4.69, 9.17) is 4.74 Å². The van der Waals surface area contributed by atoms with E-state index in [1.54, 1.807) is 24.3 Å². The Balaban J connectivity index is 1.97. The maximum absolute atomic E-state index is 12.1. The minimum absolute atomic E-state index is 0.0192. The van der Waals surface area contributed by atoms with Crippen LogP contribution in [0.4, 0.5) is 5.69 Å². The molecule has 0 unspecified atom stereocenters. The van der Waals surface area contributed by atoms with Crippen LogP contribution in [-0.2, 0) is 9.53 Å². The molecule has 0 N–H and O–H groups in total. The molecule has 1 aliphatic rings. The molecule has 5 nitrogen and oxygen atoms in total. The third-order valence-corrected chi connectivity index (χ3v) is 3.78. The molecule has 0 atom stereocenters. The predicted octanol–water partition coefficient (Wildman–Crippen LogP) is 4.19. The molecular weight excluding hydrogens is 306 g/mol. The number of nitro groups is 1. The van der Waals surface area contributed by atoms with Crippen molar-refractivity contribution in [1.82, 2.24) is 0 Å². The van der Waals surface area contributed by atoms with Crippen LogP contribution >= 0.6 is 0 Å². The fourth-order valence-electron chi connectivity index (χ4n) is 2.62. The summed E-state index contributed by atoms with van der Waals surface area (Å²) < 4.78 is 5.35.